The van der Waals surface area contributed by atoms with Crippen molar-refractivity contribution in [3.05, 3.63) is 29.8 Å². The van der Waals surface area contributed by atoms with Gasteiger partial charge in [-0.05, 0) is 51.5 Å². The third-order valence-corrected chi connectivity index (χ3v) is 4.20. The fourth-order valence-corrected chi connectivity index (χ4v) is 3.14. The molecule has 19 heavy (non-hydrogen) atoms. The van der Waals surface area contributed by atoms with Crippen molar-refractivity contribution in [1.29, 1.82) is 0 Å². The molecule has 1 atom stereocenters. The zero-order valence-electron chi connectivity index (χ0n) is 11.6. The molecule has 0 amide bonds. The third kappa shape index (κ3) is 3.28. The van der Waals surface area contributed by atoms with Crippen molar-refractivity contribution < 1.29 is 4.74 Å². The number of para-hydroxylation sites is 1. The fourth-order valence-electron chi connectivity index (χ4n) is 3.14. The first-order chi connectivity index (χ1) is 9.43. The first-order valence-corrected chi connectivity index (χ1v) is 7.61. The van der Waals surface area contributed by atoms with Gasteiger partial charge in [0.05, 0.1) is 6.61 Å². The monoisotopic (exact) mass is 260 g/mol. The van der Waals surface area contributed by atoms with E-state index >= 15 is 0 Å². The summed E-state index contributed by atoms with van der Waals surface area (Å²) in [5.74, 6) is 1.06. The molecule has 1 aromatic rings. The lowest BCUT2D eigenvalue weighted by Crippen LogP contribution is -2.30. The zero-order chi connectivity index (χ0) is 12.9. The number of hydrogen-bond donors (Lipinski definition) is 1. The number of hydrogen-bond acceptors (Lipinski definition) is 3. The molecule has 0 aromatic heterocycles. The van der Waals surface area contributed by atoms with Crippen LogP contribution in [0.5, 0.6) is 5.75 Å². The number of benzene rings is 1. The van der Waals surface area contributed by atoms with Gasteiger partial charge < -0.3 is 15.0 Å². The molecule has 2 aliphatic heterocycles. The lowest BCUT2D eigenvalue weighted by molar-refractivity contribution is 0.250. The Kier molecular flexibility index (Phi) is 4.36. The molecule has 2 heterocycles. The van der Waals surface area contributed by atoms with Crippen molar-refractivity contribution >= 4 is 0 Å². The maximum absolute atomic E-state index is 5.69. The lowest BCUT2D eigenvalue weighted by Gasteiger charge is -2.27. The van der Waals surface area contributed by atoms with Gasteiger partial charge >= 0.3 is 0 Å². The molecule has 0 aliphatic carbocycles. The minimum atomic E-state index is 0.475. The Bertz CT molecular complexity index is 401. The van der Waals surface area contributed by atoms with Crippen LogP contribution < -0.4 is 10.1 Å². The summed E-state index contributed by atoms with van der Waals surface area (Å²) < 4.78 is 5.69. The highest BCUT2D eigenvalue weighted by Crippen LogP contribution is 2.31. The fraction of sp³-hybridized carbons (Fsp3) is 0.625. The van der Waals surface area contributed by atoms with Gasteiger partial charge in [-0.25, -0.2) is 0 Å². The topological polar surface area (TPSA) is 24.5 Å². The first kappa shape index (κ1) is 12.9. The van der Waals surface area contributed by atoms with Crippen LogP contribution in [0.2, 0.25) is 0 Å². The van der Waals surface area contributed by atoms with Gasteiger partial charge in [0.25, 0.3) is 0 Å². The number of likely N-dealkylation sites (tertiary alicyclic amines) is 1. The highest BCUT2D eigenvalue weighted by atomic mass is 16.5. The van der Waals surface area contributed by atoms with E-state index in [1.807, 2.05) is 0 Å². The number of rotatable bonds is 5. The molecule has 104 valence electrons. The second-order valence-electron chi connectivity index (χ2n) is 5.58. The van der Waals surface area contributed by atoms with E-state index in [1.54, 1.807) is 0 Å². The Morgan fingerprint density at radius 3 is 2.95 bits per heavy atom. The van der Waals surface area contributed by atoms with Crippen LogP contribution in [-0.2, 0) is 0 Å². The number of ether oxygens (including phenoxy) is 1. The summed E-state index contributed by atoms with van der Waals surface area (Å²) in [7, 11) is 0. The second kappa shape index (κ2) is 6.40. The Hall–Kier alpha value is -1.06. The maximum atomic E-state index is 5.69. The molecular weight excluding hydrogens is 236 g/mol. The predicted molar refractivity (Wildman–Crippen MR) is 77.6 cm³/mol. The van der Waals surface area contributed by atoms with E-state index in [0.717, 1.165) is 25.3 Å². The van der Waals surface area contributed by atoms with E-state index in [9.17, 15) is 0 Å². The normalized spacial score (nSPS) is 23.1. The molecule has 1 aromatic carbocycles. The van der Waals surface area contributed by atoms with Crippen LogP contribution in [0.15, 0.2) is 24.3 Å². The molecule has 3 heteroatoms. The van der Waals surface area contributed by atoms with E-state index in [0.29, 0.717) is 6.04 Å². The van der Waals surface area contributed by atoms with E-state index < -0.39 is 0 Å². The van der Waals surface area contributed by atoms with Gasteiger partial charge in [0, 0.05) is 18.0 Å². The van der Waals surface area contributed by atoms with Gasteiger partial charge in [0.15, 0.2) is 0 Å². The standard InChI is InChI=1S/C16H24N2O/c1-2-7-16-14(6-1)15(8-13-19-16)17-9-5-12-18-10-3-4-11-18/h1-2,6-7,15,17H,3-5,8-13H2. The Labute approximate surface area is 115 Å². The van der Waals surface area contributed by atoms with Crippen LogP contribution >= 0.6 is 0 Å². The van der Waals surface area contributed by atoms with Crippen LogP contribution in [0.1, 0.15) is 37.3 Å². The van der Waals surface area contributed by atoms with Gasteiger partial charge in [-0.3, -0.25) is 0 Å². The Balaban J connectivity index is 1.45. The summed E-state index contributed by atoms with van der Waals surface area (Å²) in [4.78, 5) is 2.58. The summed E-state index contributed by atoms with van der Waals surface area (Å²) in [6.45, 7) is 5.80. The van der Waals surface area contributed by atoms with E-state index in [-0.39, 0.29) is 0 Å². The number of fused-ring (bicyclic) bond motifs is 1. The van der Waals surface area contributed by atoms with Gasteiger partial charge in [-0.15, -0.1) is 0 Å². The lowest BCUT2D eigenvalue weighted by atomic mass is 10.0. The van der Waals surface area contributed by atoms with Crippen LogP contribution in [0.25, 0.3) is 0 Å². The molecule has 0 spiro atoms. The number of nitrogens with one attached hydrogen (secondary N) is 1. The molecule has 1 saturated heterocycles. The largest absolute Gasteiger partial charge is 0.493 e. The van der Waals surface area contributed by atoms with Gasteiger partial charge in [0.1, 0.15) is 5.75 Å². The number of nitrogens with zero attached hydrogens (tertiary/aromatic N) is 1. The van der Waals surface area contributed by atoms with Crippen LogP contribution in [-0.4, -0.2) is 37.7 Å². The third-order valence-electron chi connectivity index (χ3n) is 4.20. The molecule has 0 radical (unpaired) electrons. The molecule has 3 nitrogen and oxygen atoms in total. The molecule has 0 bridgehead atoms. The minimum Gasteiger partial charge on any atom is -0.493 e. The average Bonchev–Trinajstić information content (AvgIpc) is 2.97. The summed E-state index contributed by atoms with van der Waals surface area (Å²) in [5.41, 5.74) is 1.33. The average molecular weight is 260 g/mol. The van der Waals surface area contributed by atoms with Crippen molar-refractivity contribution in [1.82, 2.24) is 10.2 Å². The van der Waals surface area contributed by atoms with Crippen molar-refractivity contribution in [2.24, 2.45) is 0 Å². The van der Waals surface area contributed by atoms with Crippen molar-refractivity contribution in [2.45, 2.75) is 31.7 Å². The van der Waals surface area contributed by atoms with Crippen molar-refractivity contribution in [3.8, 4) is 5.75 Å². The molecular formula is C16H24N2O. The van der Waals surface area contributed by atoms with Gasteiger partial charge in [0.2, 0.25) is 0 Å². The van der Waals surface area contributed by atoms with Gasteiger partial charge in [-0.2, -0.15) is 0 Å². The van der Waals surface area contributed by atoms with Crippen LogP contribution in [0, 0.1) is 0 Å². The molecule has 1 fully saturated rings. The highest BCUT2D eigenvalue weighted by Gasteiger charge is 2.20. The predicted octanol–water partition coefficient (Wildman–Crippen LogP) is 2.59. The smallest absolute Gasteiger partial charge is 0.124 e. The van der Waals surface area contributed by atoms with Crippen LogP contribution in [0.3, 0.4) is 0 Å². The van der Waals surface area contributed by atoms with Crippen LogP contribution in [0.4, 0.5) is 0 Å². The van der Waals surface area contributed by atoms with E-state index in [2.05, 4.69) is 34.5 Å². The first-order valence-electron chi connectivity index (χ1n) is 7.61. The van der Waals surface area contributed by atoms with E-state index in [1.165, 1.54) is 44.5 Å². The summed E-state index contributed by atoms with van der Waals surface area (Å²) >= 11 is 0. The Morgan fingerprint density at radius 1 is 1.21 bits per heavy atom. The van der Waals surface area contributed by atoms with Crippen molar-refractivity contribution in [2.75, 3.05) is 32.8 Å². The molecule has 2 aliphatic rings. The summed E-state index contributed by atoms with van der Waals surface area (Å²) in [6.07, 6.45) is 5.11. The Morgan fingerprint density at radius 2 is 2.05 bits per heavy atom. The van der Waals surface area contributed by atoms with E-state index in [4.69, 9.17) is 4.74 Å². The quantitative estimate of drug-likeness (QED) is 0.824. The SMILES string of the molecule is c1ccc2c(c1)OCCC2NCCCN1CCCC1. The van der Waals surface area contributed by atoms with Gasteiger partial charge in [-0.1, -0.05) is 18.2 Å². The molecule has 3 rings (SSSR count). The second-order valence-corrected chi connectivity index (χ2v) is 5.58. The molecule has 0 saturated carbocycles. The van der Waals surface area contributed by atoms with Crippen molar-refractivity contribution in [3.63, 3.8) is 0 Å². The summed E-state index contributed by atoms with van der Waals surface area (Å²) in [5, 5.41) is 3.70. The maximum Gasteiger partial charge on any atom is 0.124 e. The highest BCUT2D eigenvalue weighted by molar-refractivity contribution is 5.37. The summed E-state index contributed by atoms with van der Waals surface area (Å²) in [6, 6.07) is 8.89. The zero-order valence-corrected chi connectivity index (χ0v) is 11.6. The molecule has 1 unspecified atom stereocenters. The minimum absolute atomic E-state index is 0.475. The molecule has 1 N–H and O–H groups in total.